The van der Waals surface area contributed by atoms with Gasteiger partial charge in [-0.15, -0.1) is 0 Å². The van der Waals surface area contributed by atoms with Gasteiger partial charge in [0.05, 0.1) is 12.7 Å². The van der Waals surface area contributed by atoms with Crippen molar-refractivity contribution in [2.45, 2.75) is 52.1 Å². The number of hydrogen-bond donors (Lipinski definition) is 0. The van der Waals surface area contributed by atoms with Crippen LogP contribution in [0.1, 0.15) is 46.0 Å². The second kappa shape index (κ2) is 4.75. The lowest BCUT2D eigenvalue weighted by atomic mass is 9.95. The summed E-state index contributed by atoms with van der Waals surface area (Å²) >= 11 is 0. The standard InChI is InChI=1S/C11H20O2/c1-11(2,8-12)9-13-10-6-4-3-5-7-10/h8,10H,3-7,9H2,1-2H3. The predicted molar refractivity (Wildman–Crippen MR) is 52.7 cm³/mol. The Morgan fingerprint density at radius 1 is 1.31 bits per heavy atom. The largest absolute Gasteiger partial charge is 0.377 e. The van der Waals surface area contributed by atoms with Gasteiger partial charge in [-0.1, -0.05) is 33.1 Å². The maximum absolute atomic E-state index is 10.6. The maximum Gasteiger partial charge on any atom is 0.127 e. The molecule has 13 heavy (non-hydrogen) atoms. The zero-order valence-corrected chi connectivity index (χ0v) is 8.71. The average Bonchev–Trinajstić information content (AvgIpc) is 2.17. The SMILES string of the molecule is CC(C)(C=O)COC1CCCCC1. The molecule has 76 valence electrons. The summed E-state index contributed by atoms with van der Waals surface area (Å²) in [6, 6.07) is 0. The van der Waals surface area contributed by atoms with Gasteiger partial charge in [-0.25, -0.2) is 0 Å². The Labute approximate surface area is 80.7 Å². The van der Waals surface area contributed by atoms with Gasteiger partial charge in [-0.05, 0) is 12.8 Å². The molecule has 0 bridgehead atoms. The molecule has 1 aliphatic rings. The highest BCUT2D eigenvalue weighted by Crippen LogP contribution is 2.22. The van der Waals surface area contributed by atoms with Gasteiger partial charge in [-0.3, -0.25) is 0 Å². The fraction of sp³-hybridized carbons (Fsp3) is 0.909. The molecule has 0 aromatic rings. The van der Waals surface area contributed by atoms with Crippen molar-refractivity contribution < 1.29 is 9.53 Å². The molecule has 1 saturated carbocycles. The molecule has 0 atom stereocenters. The van der Waals surface area contributed by atoms with E-state index in [2.05, 4.69) is 0 Å². The minimum absolute atomic E-state index is 0.308. The quantitative estimate of drug-likeness (QED) is 0.628. The van der Waals surface area contributed by atoms with Crippen LogP contribution in [0.2, 0.25) is 0 Å². The predicted octanol–water partition coefficient (Wildman–Crippen LogP) is 2.56. The molecule has 0 spiro atoms. The van der Waals surface area contributed by atoms with Crippen LogP contribution in [0.15, 0.2) is 0 Å². The lowest BCUT2D eigenvalue weighted by Gasteiger charge is -2.25. The van der Waals surface area contributed by atoms with Crippen molar-refractivity contribution in [2.24, 2.45) is 5.41 Å². The van der Waals surface area contributed by atoms with Crippen LogP contribution in [0.3, 0.4) is 0 Å². The summed E-state index contributed by atoms with van der Waals surface area (Å²) in [4.78, 5) is 10.6. The number of aldehydes is 1. The summed E-state index contributed by atoms with van der Waals surface area (Å²) < 4.78 is 5.71. The van der Waals surface area contributed by atoms with Crippen LogP contribution in [0, 0.1) is 5.41 Å². The number of carbonyl (C=O) groups excluding carboxylic acids is 1. The van der Waals surface area contributed by atoms with Crippen LogP contribution in [0.4, 0.5) is 0 Å². The van der Waals surface area contributed by atoms with E-state index in [1.54, 1.807) is 0 Å². The third-order valence-corrected chi connectivity index (χ3v) is 2.56. The van der Waals surface area contributed by atoms with Crippen LogP contribution in [-0.2, 0) is 9.53 Å². The van der Waals surface area contributed by atoms with Crippen molar-refractivity contribution in [1.82, 2.24) is 0 Å². The Morgan fingerprint density at radius 3 is 2.46 bits per heavy atom. The van der Waals surface area contributed by atoms with Crippen molar-refractivity contribution in [2.75, 3.05) is 6.61 Å². The summed E-state index contributed by atoms with van der Waals surface area (Å²) in [7, 11) is 0. The first-order valence-electron chi connectivity index (χ1n) is 5.22. The Kier molecular flexibility index (Phi) is 3.91. The van der Waals surface area contributed by atoms with Crippen LogP contribution < -0.4 is 0 Å². The van der Waals surface area contributed by atoms with Gasteiger partial charge in [-0.2, -0.15) is 0 Å². The van der Waals surface area contributed by atoms with Crippen LogP contribution in [-0.4, -0.2) is 19.0 Å². The molecule has 0 N–H and O–H groups in total. The van der Waals surface area contributed by atoms with E-state index in [4.69, 9.17) is 4.74 Å². The molecule has 0 heterocycles. The third-order valence-electron chi connectivity index (χ3n) is 2.56. The van der Waals surface area contributed by atoms with Gasteiger partial charge < -0.3 is 9.53 Å². The van der Waals surface area contributed by atoms with Gasteiger partial charge in [0.2, 0.25) is 0 Å². The second-order valence-electron chi connectivity index (χ2n) is 4.68. The molecular formula is C11H20O2. The summed E-state index contributed by atoms with van der Waals surface area (Å²) in [5.74, 6) is 0. The third kappa shape index (κ3) is 3.90. The molecule has 0 amide bonds. The van der Waals surface area contributed by atoms with Gasteiger partial charge in [0.1, 0.15) is 6.29 Å². The molecule has 0 aromatic carbocycles. The zero-order chi connectivity index (χ0) is 9.73. The van der Waals surface area contributed by atoms with E-state index < -0.39 is 0 Å². The molecule has 2 nitrogen and oxygen atoms in total. The first-order valence-corrected chi connectivity index (χ1v) is 5.22. The van der Waals surface area contributed by atoms with Crippen LogP contribution in [0.25, 0.3) is 0 Å². The Balaban J connectivity index is 2.20. The Bertz CT molecular complexity index is 157. The van der Waals surface area contributed by atoms with Crippen molar-refractivity contribution in [3.63, 3.8) is 0 Å². The van der Waals surface area contributed by atoms with Crippen molar-refractivity contribution in [3.05, 3.63) is 0 Å². The van der Waals surface area contributed by atoms with Crippen molar-refractivity contribution in [3.8, 4) is 0 Å². The molecule has 0 aliphatic heterocycles. The fourth-order valence-corrected chi connectivity index (χ4v) is 1.60. The van der Waals surface area contributed by atoms with E-state index in [-0.39, 0.29) is 5.41 Å². The van der Waals surface area contributed by atoms with E-state index in [0.717, 1.165) is 6.29 Å². The second-order valence-corrected chi connectivity index (χ2v) is 4.68. The molecule has 1 fully saturated rings. The van der Waals surface area contributed by atoms with Crippen molar-refractivity contribution in [1.29, 1.82) is 0 Å². The number of carbonyl (C=O) groups is 1. The first-order chi connectivity index (χ1) is 6.14. The van der Waals surface area contributed by atoms with Crippen LogP contribution in [0.5, 0.6) is 0 Å². The molecule has 0 saturated heterocycles. The van der Waals surface area contributed by atoms with Crippen molar-refractivity contribution >= 4 is 6.29 Å². The minimum atomic E-state index is -0.308. The summed E-state index contributed by atoms with van der Waals surface area (Å²) in [5.41, 5.74) is -0.308. The zero-order valence-electron chi connectivity index (χ0n) is 8.71. The van der Waals surface area contributed by atoms with Gasteiger partial charge in [0.25, 0.3) is 0 Å². The molecule has 2 heteroatoms. The van der Waals surface area contributed by atoms with Gasteiger partial charge in [0.15, 0.2) is 0 Å². The molecule has 1 aliphatic carbocycles. The summed E-state index contributed by atoms with van der Waals surface area (Å²) in [5, 5.41) is 0. The highest BCUT2D eigenvalue weighted by molar-refractivity contribution is 5.57. The Morgan fingerprint density at radius 2 is 1.92 bits per heavy atom. The number of rotatable bonds is 4. The fourth-order valence-electron chi connectivity index (χ4n) is 1.60. The topological polar surface area (TPSA) is 26.3 Å². The first kappa shape index (κ1) is 10.7. The Hall–Kier alpha value is -0.370. The molecule has 0 unspecified atom stereocenters. The highest BCUT2D eigenvalue weighted by atomic mass is 16.5. The lowest BCUT2D eigenvalue weighted by molar-refractivity contribution is -0.119. The van der Waals surface area contributed by atoms with E-state index in [9.17, 15) is 4.79 Å². The van der Waals surface area contributed by atoms with E-state index in [1.807, 2.05) is 13.8 Å². The average molecular weight is 184 g/mol. The summed E-state index contributed by atoms with van der Waals surface area (Å²) in [6.45, 7) is 4.41. The van der Waals surface area contributed by atoms with E-state index in [1.165, 1.54) is 32.1 Å². The molecule has 1 rings (SSSR count). The summed E-state index contributed by atoms with van der Waals surface area (Å²) in [6.07, 6.45) is 7.66. The van der Waals surface area contributed by atoms with Gasteiger partial charge >= 0.3 is 0 Å². The normalized spacial score (nSPS) is 20.2. The van der Waals surface area contributed by atoms with E-state index >= 15 is 0 Å². The number of ether oxygens (including phenoxy) is 1. The molecule has 0 radical (unpaired) electrons. The highest BCUT2D eigenvalue weighted by Gasteiger charge is 2.20. The van der Waals surface area contributed by atoms with E-state index in [0.29, 0.717) is 12.7 Å². The minimum Gasteiger partial charge on any atom is -0.377 e. The monoisotopic (exact) mass is 184 g/mol. The lowest BCUT2D eigenvalue weighted by Crippen LogP contribution is -2.26. The molecule has 0 aromatic heterocycles. The number of hydrogen-bond acceptors (Lipinski definition) is 2. The molecular weight excluding hydrogens is 164 g/mol. The smallest absolute Gasteiger partial charge is 0.127 e. The van der Waals surface area contributed by atoms with Gasteiger partial charge in [0, 0.05) is 5.41 Å². The van der Waals surface area contributed by atoms with Crippen LogP contribution >= 0.6 is 0 Å². The maximum atomic E-state index is 10.6.